The van der Waals surface area contributed by atoms with Gasteiger partial charge < -0.3 is 10.2 Å². The highest BCUT2D eigenvalue weighted by Crippen LogP contribution is 2.33. The first-order chi connectivity index (χ1) is 9.99. The fourth-order valence-corrected chi connectivity index (χ4v) is 3.66. The lowest BCUT2D eigenvalue weighted by molar-refractivity contribution is -0.142. The summed E-state index contributed by atoms with van der Waals surface area (Å²) in [6.45, 7) is 8.86. The van der Waals surface area contributed by atoms with Gasteiger partial charge in [0.05, 0.1) is 11.5 Å². The molecule has 116 valence electrons. The van der Waals surface area contributed by atoms with Gasteiger partial charge in [0.1, 0.15) is 0 Å². The van der Waals surface area contributed by atoms with Crippen LogP contribution >= 0.6 is 15.9 Å². The predicted molar refractivity (Wildman–Crippen MR) is 90.2 cm³/mol. The third-order valence-corrected chi connectivity index (χ3v) is 5.16. The van der Waals surface area contributed by atoms with Gasteiger partial charge in [-0.15, -0.1) is 0 Å². The Hall–Kier alpha value is -0.870. The fourth-order valence-electron chi connectivity index (χ4n) is 3.04. The van der Waals surface area contributed by atoms with Gasteiger partial charge in [-0.3, -0.25) is 4.79 Å². The molecule has 0 spiro atoms. The highest BCUT2D eigenvalue weighted by Gasteiger charge is 2.40. The van der Waals surface area contributed by atoms with Crippen LogP contribution in [0.4, 0.5) is 0 Å². The van der Waals surface area contributed by atoms with Crippen LogP contribution in [0, 0.1) is 5.41 Å². The van der Waals surface area contributed by atoms with Crippen molar-refractivity contribution in [2.24, 2.45) is 5.41 Å². The summed E-state index contributed by atoms with van der Waals surface area (Å²) in [4.78, 5) is 15.1. The summed E-state index contributed by atoms with van der Waals surface area (Å²) < 4.78 is 1.07. The molecule has 21 heavy (non-hydrogen) atoms. The van der Waals surface area contributed by atoms with Gasteiger partial charge in [0.25, 0.3) is 0 Å². The molecule has 1 fully saturated rings. The van der Waals surface area contributed by atoms with Gasteiger partial charge >= 0.3 is 0 Å². The molecule has 0 aliphatic carbocycles. The Kier molecular flexibility index (Phi) is 5.44. The minimum absolute atomic E-state index is 0.0884. The number of hydrogen-bond acceptors (Lipinski definition) is 2. The zero-order valence-electron chi connectivity index (χ0n) is 13.2. The number of nitrogens with zero attached hydrogens (tertiary/aromatic N) is 1. The highest BCUT2D eigenvalue weighted by molar-refractivity contribution is 9.10. The van der Waals surface area contributed by atoms with Crippen molar-refractivity contribution in [2.45, 2.75) is 39.7 Å². The molecule has 1 saturated heterocycles. The second-order valence-corrected chi connectivity index (χ2v) is 7.04. The summed E-state index contributed by atoms with van der Waals surface area (Å²) in [6, 6.07) is 8.27. The van der Waals surface area contributed by atoms with Crippen molar-refractivity contribution in [1.82, 2.24) is 10.2 Å². The number of carbonyl (C=O) groups excluding carboxylic acids is 1. The second kappa shape index (κ2) is 6.93. The maximum absolute atomic E-state index is 13.1. The molecule has 1 aliphatic heterocycles. The number of carbonyl (C=O) groups is 1. The van der Waals surface area contributed by atoms with E-state index in [4.69, 9.17) is 0 Å². The van der Waals surface area contributed by atoms with E-state index in [1.807, 2.05) is 23.1 Å². The largest absolute Gasteiger partial charge is 0.335 e. The van der Waals surface area contributed by atoms with E-state index < -0.39 is 0 Å². The molecule has 2 atom stereocenters. The number of rotatable bonds is 5. The molecule has 4 heteroatoms. The molecular formula is C17H25BrN2O. The van der Waals surface area contributed by atoms with E-state index in [0.717, 1.165) is 36.9 Å². The van der Waals surface area contributed by atoms with Crippen LogP contribution in [0.2, 0.25) is 0 Å². The van der Waals surface area contributed by atoms with Crippen LogP contribution in [-0.2, 0) is 4.79 Å². The number of amides is 1. The van der Waals surface area contributed by atoms with Gasteiger partial charge in [0.15, 0.2) is 0 Å². The number of hydrogen-bond donors (Lipinski definition) is 1. The van der Waals surface area contributed by atoms with Gasteiger partial charge in [-0.2, -0.15) is 0 Å². The summed E-state index contributed by atoms with van der Waals surface area (Å²) in [5.41, 5.74) is 0.916. The van der Waals surface area contributed by atoms with Gasteiger partial charge in [0.2, 0.25) is 5.91 Å². The number of benzene rings is 1. The van der Waals surface area contributed by atoms with Crippen LogP contribution in [0.1, 0.15) is 45.2 Å². The molecule has 1 aliphatic rings. The van der Waals surface area contributed by atoms with Crippen molar-refractivity contribution in [3.8, 4) is 0 Å². The van der Waals surface area contributed by atoms with Gasteiger partial charge in [0, 0.05) is 17.6 Å². The number of nitrogens with one attached hydrogen (secondary N) is 1. The molecule has 2 unspecified atom stereocenters. The third-order valence-electron chi connectivity index (χ3n) is 4.43. The molecular weight excluding hydrogens is 328 g/mol. The third kappa shape index (κ3) is 3.49. The van der Waals surface area contributed by atoms with Crippen molar-refractivity contribution in [3.63, 3.8) is 0 Å². The number of halogens is 1. The average molecular weight is 353 g/mol. The van der Waals surface area contributed by atoms with Crippen LogP contribution in [0.15, 0.2) is 28.7 Å². The lowest BCUT2D eigenvalue weighted by Crippen LogP contribution is -2.45. The predicted octanol–water partition coefficient (Wildman–Crippen LogP) is 3.75. The molecule has 0 aromatic heterocycles. The Bertz CT molecular complexity index is 497. The monoisotopic (exact) mass is 352 g/mol. The first-order valence-corrected chi connectivity index (χ1v) is 8.55. The Morgan fingerprint density at radius 2 is 2.19 bits per heavy atom. The second-order valence-electron chi connectivity index (χ2n) is 6.18. The summed E-state index contributed by atoms with van der Waals surface area (Å²) >= 11 is 3.61. The molecule has 1 N–H and O–H groups in total. The van der Waals surface area contributed by atoms with E-state index in [2.05, 4.69) is 48.1 Å². The molecule has 0 radical (unpaired) electrons. The molecule has 0 saturated carbocycles. The van der Waals surface area contributed by atoms with Crippen molar-refractivity contribution in [2.75, 3.05) is 19.6 Å². The van der Waals surface area contributed by atoms with E-state index >= 15 is 0 Å². The van der Waals surface area contributed by atoms with E-state index in [-0.39, 0.29) is 17.4 Å². The smallest absolute Gasteiger partial charge is 0.230 e. The normalized spacial score (nSPS) is 23.0. The van der Waals surface area contributed by atoms with Crippen LogP contribution in [0.25, 0.3) is 0 Å². The van der Waals surface area contributed by atoms with Crippen LogP contribution < -0.4 is 5.32 Å². The molecule has 1 heterocycles. The van der Waals surface area contributed by atoms with Gasteiger partial charge in [-0.25, -0.2) is 0 Å². The van der Waals surface area contributed by atoms with Gasteiger partial charge in [-0.1, -0.05) is 41.1 Å². The summed E-state index contributed by atoms with van der Waals surface area (Å²) in [5, 5.41) is 3.32. The van der Waals surface area contributed by atoms with Crippen molar-refractivity contribution in [1.29, 1.82) is 0 Å². The Morgan fingerprint density at radius 3 is 2.76 bits per heavy atom. The van der Waals surface area contributed by atoms with E-state index in [0.29, 0.717) is 0 Å². The summed E-state index contributed by atoms with van der Waals surface area (Å²) in [6.07, 6.45) is 1.90. The molecule has 3 nitrogen and oxygen atoms in total. The lowest BCUT2D eigenvalue weighted by Gasteiger charge is -2.36. The van der Waals surface area contributed by atoms with Crippen molar-refractivity contribution < 1.29 is 4.79 Å². The highest BCUT2D eigenvalue weighted by atomic mass is 79.9. The zero-order chi connectivity index (χ0) is 15.5. The molecule has 1 aromatic carbocycles. The Balaban J connectivity index is 2.26. The summed E-state index contributed by atoms with van der Waals surface area (Å²) in [7, 11) is 0. The van der Waals surface area contributed by atoms with Crippen molar-refractivity contribution >= 4 is 21.8 Å². The Labute approximate surface area is 136 Å². The Morgan fingerprint density at radius 1 is 1.48 bits per heavy atom. The fraction of sp³-hybridized carbons (Fsp3) is 0.588. The van der Waals surface area contributed by atoms with Crippen LogP contribution in [0.5, 0.6) is 0 Å². The molecule has 0 bridgehead atoms. The maximum Gasteiger partial charge on any atom is 0.230 e. The minimum atomic E-state index is -0.259. The van der Waals surface area contributed by atoms with Crippen LogP contribution in [0.3, 0.4) is 0 Å². The van der Waals surface area contributed by atoms with E-state index in [9.17, 15) is 4.79 Å². The molecule has 1 aromatic rings. The first kappa shape index (κ1) is 16.5. The quantitative estimate of drug-likeness (QED) is 0.875. The van der Waals surface area contributed by atoms with Gasteiger partial charge in [-0.05, 0) is 44.9 Å². The summed E-state index contributed by atoms with van der Waals surface area (Å²) in [5.74, 6) is 0.276. The molecule has 1 amide bonds. The molecule has 2 rings (SSSR count). The average Bonchev–Trinajstić information content (AvgIpc) is 2.92. The standard InChI is InChI=1S/C17H25BrN2O/c1-4-11-20(16(21)17(3)9-10-19-12-17)13(2)14-7-5-6-8-15(14)18/h5-8,13,19H,4,9-12H2,1-3H3. The zero-order valence-corrected chi connectivity index (χ0v) is 14.7. The lowest BCUT2D eigenvalue weighted by atomic mass is 9.87. The SMILES string of the molecule is CCCN(C(=O)C1(C)CCNC1)C(C)c1ccccc1Br. The van der Waals surface area contributed by atoms with Crippen LogP contribution in [-0.4, -0.2) is 30.4 Å². The maximum atomic E-state index is 13.1. The van der Waals surface area contributed by atoms with E-state index in [1.54, 1.807) is 0 Å². The van der Waals surface area contributed by atoms with E-state index in [1.165, 1.54) is 5.56 Å². The topological polar surface area (TPSA) is 32.3 Å². The van der Waals surface area contributed by atoms with Crippen molar-refractivity contribution in [3.05, 3.63) is 34.3 Å². The first-order valence-electron chi connectivity index (χ1n) is 7.76. The minimum Gasteiger partial charge on any atom is -0.335 e.